The third-order valence-electron chi connectivity index (χ3n) is 2.88. The van der Waals surface area contributed by atoms with Crippen molar-refractivity contribution in [2.45, 2.75) is 6.54 Å². The summed E-state index contributed by atoms with van der Waals surface area (Å²) < 4.78 is 5.28. The maximum atomic E-state index is 12.3. The standard InChI is InChI=1S/C15H15ClN2O2/c1-18(10-11-6-3-4-8-13(11)20-2)15(19)12-7-5-9-14(16)17-12/h3-9H,10H2,1-2H3. The molecule has 5 heteroatoms. The molecule has 0 aliphatic carbocycles. The first-order valence-corrected chi connectivity index (χ1v) is 6.49. The maximum Gasteiger partial charge on any atom is 0.272 e. The Hall–Kier alpha value is -2.07. The van der Waals surface area contributed by atoms with E-state index in [4.69, 9.17) is 16.3 Å². The number of aromatic nitrogens is 1. The molecule has 0 radical (unpaired) electrons. The molecule has 0 bridgehead atoms. The lowest BCUT2D eigenvalue weighted by Crippen LogP contribution is -2.27. The van der Waals surface area contributed by atoms with Gasteiger partial charge in [-0.15, -0.1) is 0 Å². The normalized spacial score (nSPS) is 10.2. The van der Waals surface area contributed by atoms with Gasteiger partial charge in [-0.1, -0.05) is 35.9 Å². The van der Waals surface area contributed by atoms with Crippen LogP contribution in [-0.4, -0.2) is 29.9 Å². The smallest absolute Gasteiger partial charge is 0.272 e. The number of benzene rings is 1. The number of hydrogen-bond acceptors (Lipinski definition) is 3. The monoisotopic (exact) mass is 290 g/mol. The molecule has 0 fully saturated rings. The predicted molar refractivity (Wildman–Crippen MR) is 78.0 cm³/mol. The maximum absolute atomic E-state index is 12.3. The molecule has 1 amide bonds. The number of carbonyl (C=O) groups is 1. The Morgan fingerprint density at radius 1 is 1.25 bits per heavy atom. The molecular weight excluding hydrogens is 276 g/mol. The molecule has 4 nitrogen and oxygen atoms in total. The second kappa shape index (κ2) is 6.39. The number of amides is 1. The Bertz CT molecular complexity index is 616. The number of ether oxygens (including phenoxy) is 1. The van der Waals surface area contributed by atoms with Crippen LogP contribution in [0.3, 0.4) is 0 Å². The lowest BCUT2D eigenvalue weighted by Gasteiger charge is -2.18. The van der Waals surface area contributed by atoms with Crippen molar-refractivity contribution in [3.8, 4) is 5.75 Å². The molecule has 0 saturated heterocycles. The Kier molecular flexibility index (Phi) is 4.58. The van der Waals surface area contributed by atoms with E-state index in [2.05, 4.69) is 4.98 Å². The summed E-state index contributed by atoms with van der Waals surface area (Å²) in [6.07, 6.45) is 0. The summed E-state index contributed by atoms with van der Waals surface area (Å²) in [6, 6.07) is 12.6. The average Bonchev–Trinajstić information content (AvgIpc) is 2.47. The predicted octanol–water partition coefficient (Wildman–Crippen LogP) is 3.02. The highest BCUT2D eigenvalue weighted by atomic mass is 35.5. The van der Waals surface area contributed by atoms with Crippen molar-refractivity contribution in [2.24, 2.45) is 0 Å². The SMILES string of the molecule is COc1ccccc1CN(C)C(=O)c1cccc(Cl)n1. The van der Waals surface area contributed by atoms with Gasteiger partial charge in [0.1, 0.15) is 16.6 Å². The van der Waals surface area contributed by atoms with E-state index in [0.29, 0.717) is 17.4 Å². The summed E-state index contributed by atoms with van der Waals surface area (Å²) in [5.41, 5.74) is 1.27. The third kappa shape index (κ3) is 3.27. The van der Waals surface area contributed by atoms with Crippen LogP contribution in [0.4, 0.5) is 0 Å². The summed E-state index contributed by atoms with van der Waals surface area (Å²) >= 11 is 5.80. The molecule has 1 aromatic heterocycles. The Morgan fingerprint density at radius 2 is 2.00 bits per heavy atom. The van der Waals surface area contributed by atoms with Gasteiger partial charge in [-0.2, -0.15) is 0 Å². The second-order valence-corrected chi connectivity index (χ2v) is 4.71. The first kappa shape index (κ1) is 14.3. The number of nitrogens with zero attached hydrogens (tertiary/aromatic N) is 2. The largest absolute Gasteiger partial charge is 0.496 e. The van der Waals surface area contributed by atoms with Crippen LogP contribution in [0.2, 0.25) is 5.15 Å². The number of halogens is 1. The lowest BCUT2D eigenvalue weighted by molar-refractivity contribution is 0.0778. The van der Waals surface area contributed by atoms with E-state index in [1.807, 2.05) is 24.3 Å². The lowest BCUT2D eigenvalue weighted by atomic mass is 10.2. The number of hydrogen-bond donors (Lipinski definition) is 0. The number of rotatable bonds is 4. The van der Waals surface area contributed by atoms with Gasteiger partial charge in [-0.05, 0) is 18.2 Å². The van der Waals surface area contributed by atoms with E-state index in [1.165, 1.54) is 0 Å². The zero-order chi connectivity index (χ0) is 14.5. The molecule has 0 saturated carbocycles. The van der Waals surface area contributed by atoms with E-state index in [9.17, 15) is 4.79 Å². The minimum atomic E-state index is -0.182. The third-order valence-corrected chi connectivity index (χ3v) is 3.09. The van der Waals surface area contributed by atoms with Crippen LogP contribution >= 0.6 is 11.6 Å². The molecular formula is C15H15ClN2O2. The molecule has 20 heavy (non-hydrogen) atoms. The molecule has 0 spiro atoms. The van der Waals surface area contributed by atoms with Crippen molar-refractivity contribution in [1.29, 1.82) is 0 Å². The number of carbonyl (C=O) groups excluding carboxylic acids is 1. The van der Waals surface area contributed by atoms with Gasteiger partial charge in [0, 0.05) is 19.2 Å². The van der Waals surface area contributed by atoms with Gasteiger partial charge in [0.05, 0.1) is 7.11 Å². The van der Waals surface area contributed by atoms with Gasteiger partial charge in [-0.25, -0.2) is 4.98 Å². The van der Waals surface area contributed by atoms with Crippen molar-refractivity contribution in [1.82, 2.24) is 9.88 Å². The minimum absolute atomic E-state index is 0.182. The zero-order valence-electron chi connectivity index (χ0n) is 11.3. The van der Waals surface area contributed by atoms with Gasteiger partial charge in [0.15, 0.2) is 0 Å². The number of para-hydroxylation sites is 1. The summed E-state index contributed by atoms with van der Waals surface area (Å²) in [4.78, 5) is 17.9. The van der Waals surface area contributed by atoms with Crippen LogP contribution in [0.15, 0.2) is 42.5 Å². The molecule has 2 aromatic rings. The fraction of sp³-hybridized carbons (Fsp3) is 0.200. The van der Waals surface area contributed by atoms with Crippen LogP contribution in [0, 0.1) is 0 Å². The quantitative estimate of drug-likeness (QED) is 0.813. The fourth-order valence-corrected chi connectivity index (χ4v) is 2.05. The van der Waals surface area contributed by atoms with Crippen LogP contribution in [0.1, 0.15) is 16.1 Å². The fourth-order valence-electron chi connectivity index (χ4n) is 1.88. The topological polar surface area (TPSA) is 42.4 Å². The van der Waals surface area contributed by atoms with E-state index in [0.717, 1.165) is 11.3 Å². The summed E-state index contributed by atoms with van der Waals surface area (Å²) in [5.74, 6) is 0.574. The highest BCUT2D eigenvalue weighted by molar-refractivity contribution is 6.29. The van der Waals surface area contributed by atoms with Crippen LogP contribution < -0.4 is 4.74 Å². The molecule has 0 N–H and O–H groups in total. The van der Waals surface area contributed by atoms with Crippen LogP contribution in [-0.2, 0) is 6.54 Å². The average molecular weight is 291 g/mol. The van der Waals surface area contributed by atoms with Crippen molar-refractivity contribution in [3.05, 3.63) is 58.9 Å². The molecule has 0 aliphatic heterocycles. The van der Waals surface area contributed by atoms with E-state index >= 15 is 0 Å². The number of methoxy groups -OCH3 is 1. The van der Waals surface area contributed by atoms with Crippen molar-refractivity contribution >= 4 is 17.5 Å². The molecule has 0 aliphatic rings. The van der Waals surface area contributed by atoms with E-state index in [1.54, 1.807) is 37.3 Å². The summed E-state index contributed by atoms with van der Waals surface area (Å²) in [5, 5.41) is 0.307. The van der Waals surface area contributed by atoms with Gasteiger partial charge in [0.25, 0.3) is 5.91 Å². The zero-order valence-corrected chi connectivity index (χ0v) is 12.1. The second-order valence-electron chi connectivity index (χ2n) is 4.32. The molecule has 0 atom stereocenters. The van der Waals surface area contributed by atoms with Crippen molar-refractivity contribution in [3.63, 3.8) is 0 Å². The first-order valence-electron chi connectivity index (χ1n) is 6.11. The van der Waals surface area contributed by atoms with E-state index in [-0.39, 0.29) is 5.91 Å². The first-order chi connectivity index (χ1) is 9.61. The Balaban J connectivity index is 2.15. The highest BCUT2D eigenvalue weighted by Crippen LogP contribution is 2.19. The minimum Gasteiger partial charge on any atom is -0.496 e. The Morgan fingerprint density at radius 3 is 2.70 bits per heavy atom. The van der Waals surface area contributed by atoms with Gasteiger partial charge < -0.3 is 9.64 Å². The van der Waals surface area contributed by atoms with E-state index < -0.39 is 0 Å². The van der Waals surface area contributed by atoms with Gasteiger partial charge in [-0.3, -0.25) is 4.79 Å². The molecule has 104 valence electrons. The van der Waals surface area contributed by atoms with Crippen LogP contribution in [0.25, 0.3) is 0 Å². The van der Waals surface area contributed by atoms with Gasteiger partial charge >= 0.3 is 0 Å². The Labute approximate surface area is 123 Å². The van der Waals surface area contributed by atoms with Gasteiger partial charge in [0.2, 0.25) is 0 Å². The summed E-state index contributed by atoms with van der Waals surface area (Å²) in [7, 11) is 3.33. The molecule has 1 heterocycles. The molecule has 0 unspecified atom stereocenters. The summed E-state index contributed by atoms with van der Waals surface area (Å²) in [6.45, 7) is 0.442. The highest BCUT2D eigenvalue weighted by Gasteiger charge is 2.15. The molecule has 1 aromatic carbocycles. The number of pyridine rings is 1. The van der Waals surface area contributed by atoms with Crippen LogP contribution in [0.5, 0.6) is 5.75 Å². The molecule has 2 rings (SSSR count). The van der Waals surface area contributed by atoms with Crippen molar-refractivity contribution in [2.75, 3.05) is 14.2 Å². The van der Waals surface area contributed by atoms with Crippen molar-refractivity contribution < 1.29 is 9.53 Å².